The molecule has 0 amide bonds. The Morgan fingerprint density at radius 3 is 0.655 bits per heavy atom. The van der Waals surface area contributed by atoms with Crippen LogP contribution in [0.15, 0.2) is 50.6 Å². The molecule has 0 aliphatic heterocycles. The Morgan fingerprint density at radius 1 is 0.327 bits per heavy atom. The van der Waals surface area contributed by atoms with Crippen molar-refractivity contribution in [3.05, 3.63) is 50.6 Å². The number of carbonyl (C=O) groups is 2. The minimum atomic E-state index is -0.945. The van der Waals surface area contributed by atoms with Gasteiger partial charge in [-0.2, -0.15) is 0 Å². The van der Waals surface area contributed by atoms with E-state index in [2.05, 4.69) is 36.1 Å². The van der Waals surface area contributed by atoms with E-state index < -0.39 is 11.9 Å². The zero-order chi connectivity index (χ0) is 40.0. The van der Waals surface area contributed by atoms with Crippen molar-refractivity contribution in [1.29, 1.82) is 0 Å². The van der Waals surface area contributed by atoms with E-state index in [1.165, 1.54) is 154 Å². The van der Waals surface area contributed by atoms with E-state index in [9.17, 15) is 19.8 Å². The van der Waals surface area contributed by atoms with Gasteiger partial charge in [0.25, 0.3) is 0 Å². The zero-order valence-corrected chi connectivity index (χ0v) is 38.5. The molecule has 0 unspecified atom stereocenters. The molecule has 0 aromatic rings. The number of hydrogen-bond donors (Lipinski definition) is 0. The summed E-state index contributed by atoms with van der Waals surface area (Å²) in [6.45, 7) is 18.8. The monoisotopic (exact) mass is 797 g/mol. The number of rotatable bonds is 44. The van der Waals surface area contributed by atoms with Gasteiger partial charge < -0.3 is 19.8 Å². The number of unbranched alkanes of at least 4 members (excludes halogenated alkanes) is 28. The molecule has 7 heteroatoms. The van der Waals surface area contributed by atoms with Gasteiger partial charge in [0.05, 0.1) is 11.9 Å². The summed E-state index contributed by atoms with van der Waals surface area (Å²) >= 11 is 0. The average Bonchev–Trinajstić information content (AvgIpc) is 3.14. The van der Waals surface area contributed by atoms with Crippen LogP contribution in [0.3, 0.4) is 0 Å². The minimum absolute atomic E-state index is 0. The van der Waals surface area contributed by atoms with Crippen LogP contribution in [-0.2, 0) is 9.59 Å². The Morgan fingerprint density at radius 2 is 0.491 bits per heavy atom. The summed E-state index contributed by atoms with van der Waals surface area (Å²) in [6, 6.07) is 0. The van der Waals surface area contributed by atoms with Crippen LogP contribution >= 0.6 is 0 Å². The second kappa shape index (κ2) is 51.1. The molecular formula is C48H88CaN2O4. The predicted octanol–water partition coefficient (Wildman–Crippen LogP) is 10.9. The Bertz CT molecular complexity index is 732. The van der Waals surface area contributed by atoms with E-state index >= 15 is 0 Å². The second-order valence-electron chi connectivity index (χ2n) is 15.5. The van der Waals surface area contributed by atoms with Gasteiger partial charge in [-0.15, -0.1) is 26.3 Å². The van der Waals surface area contributed by atoms with Gasteiger partial charge in [-0.25, -0.2) is 0 Å². The molecule has 0 rings (SSSR count). The van der Waals surface area contributed by atoms with E-state index in [4.69, 9.17) is 0 Å². The van der Waals surface area contributed by atoms with Crippen LogP contribution in [-0.4, -0.2) is 98.7 Å². The van der Waals surface area contributed by atoms with Gasteiger partial charge in [-0.3, -0.25) is 9.80 Å². The number of carboxylic acid groups (broad SMARTS) is 2. The quantitative estimate of drug-likeness (QED) is 0.0347. The van der Waals surface area contributed by atoms with Crippen molar-refractivity contribution in [3.63, 3.8) is 0 Å². The third-order valence-corrected chi connectivity index (χ3v) is 10.2. The standard InChI is InChI=1S/2C24H45NO2.Ca/c2*1-3-5-7-9-11-13-15-17-19-21-25(23-24(26)27)22-20-18-16-14-12-10-8-6-4-2;/h2*3-4H,1-2,5-23H2,(H,26,27);/q;;+2/p-2. The first-order valence-corrected chi connectivity index (χ1v) is 22.7. The van der Waals surface area contributed by atoms with Crippen molar-refractivity contribution in [2.24, 2.45) is 0 Å². The molecule has 0 radical (unpaired) electrons. The number of allylic oxidation sites excluding steroid dienone is 4. The number of hydrogen-bond acceptors (Lipinski definition) is 6. The third kappa shape index (κ3) is 53.1. The fraction of sp³-hybridized carbons (Fsp3) is 0.792. The van der Waals surface area contributed by atoms with Crippen LogP contribution in [0.1, 0.15) is 205 Å². The summed E-state index contributed by atoms with van der Waals surface area (Å²) in [5.74, 6) is -1.89. The smallest absolute Gasteiger partial charge is 0.549 e. The van der Waals surface area contributed by atoms with E-state index in [1.807, 2.05) is 24.3 Å². The molecule has 6 nitrogen and oxygen atoms in total. The maximum absolute atomic E-state index is 11.0. The van der Waals surface area contributed by atoms with Crippen LogP contribution in [0, 0.1) is 0 Å². The maximum Gasteiger partial charge on any atom is 2.00 e. The summed E-state index contributed by atoms with van der Waals surface area (Å²) < 4.78 is 0. The van der Waals surface area contributed by atoms with Crippen LogP contribution in [0.2, 0.25) is 0 Å². The molecule has 0 spiro atoms. The Hall–Kier alpha value is -0.920. The number of aliphatic carboxylic acids is 2. The first-order valence-electron chi connectivity index (χ1n) is 22.7. The van der Waals surface area contributed by atoms with Gasteiger partial charge in [0, 0.05) is 13.1 Å². The SMILES string of the molecule is C=CCCCCCCCCCN(CCCCCCCCCC=C)CC(=O)[O-].C=CCCCCCCCCCN(CCCCCCCCCC=C)CC(=O)[O-].[Ca+2]. The fourth-order valence-corrected chi connectivity index (χ4v) is 6.94. The Labute approximate surface area is 372 Å². The minimum Gasteiger partial charge on any atom is -0.549 e. The number of carbonyl (C=O) groups excluding carboxylic acids is 2. The van der Waals surface area contributed by atoms with Crippen molar-refractivity contribution in [3.8, 4) is 0 Å². The van der Waals surface area contributed by atoms with E-state index in [-0.39, 0.29) is 50.8 Å². The summed E-state index contributed by atoms with van der Waals surface area (Å²) in [6.07, 6.45) is 47.5. The Balaban J connectivity index is -0.000000966. The summed E-state index contributed by atoms with van der Waals surface area (Å²) in [5.41, 5.74) is 0. The van der Waals surface area contributed by atoms with Gasteiger partial charge in [0.2, 0.25) is 0 Å². The van der Waals surface area contributed by atoms with Crippen LogP contribution in [0.4, 0.5) is 0 Å². The van der Waals surface area contributed by atoms with E-state index in [0.717, 1.165) is 77.5 Å². The summed E-state index contributed by atoms with van der Waals surface area (Å²) in [7, 11) is 0. The summed E-state index contributed by atoms with van der Waals surface area (Å²) in [5, 5.41) is 21.9. The molecule has 0 aromatic heterocycles. The van der Waals surface area contributed by atoms with Crippen molar-refractivity contribution in [2.45, 2.75) is 205 Å². The van der Waals surface area contributed by atoms with Gasteiger partial charge >= 0.3 is 37.7 Å². The largest absolute Gasteiger partial charge is 2.00 e. The van der Waals surface area contributed by atoms with Crippen LogP contribution in [0.5, 0.6) is 0 Å². The Kier molecular flexibility index (Phi) is 54.3. The molecule has 55 heavy (non-hydrogen) atoms. The maximum atomic E-state index is 11.0. The predicted molar refractivity (Wildman–Crippen MR) is 237 cm³/mol. The first-order chi connectivity index (χ1) is 26.4. The first kappa shape index (κ1) is 58.4. The van der Waals surface area contributed by atoms with Crippen LogP contribution in [0.25, 0.3) is 0 Å². The normalized spacial score (nSPS) is 10.8. The molecule has 0 fully saturated rings. The van der Waals surface area contributed by atoms with Crippen molar-refractivity contribution >= 4 is 49.7 Å². The molecule has 0 heterocycles. The molecule has 0 aliphatic rings. The van der Waals surface area contributed by atoms with Crippen molar-refractivity contribution in [2.75, 3.05) is 39.3 Å². The molecule has 0 bridgehead atoms. The topological polar surface area (TPSA) is 86.7 Å². The zero-order valence-electron chi connectivity index (χ0n) is 36.2. The molecule has 0 aromatic carbocycles. The van der Waals surface area contributed by atoms with Gasteiger partial charge in [-0.1, -0.05) is 153 Å². The third-order valence-electron chi connectivity index (χ3n) is 10.2. The van der Waals surface area contributed by atoms with Crippen LogP contribution < -0.4 is 10.2 Å². The molecule has 316 valence electrons. The average molecular weight is 797 g/mol. The van der Waals surface area contributed by atoms with E-state index in [0.29, 0.717) is 0 Å². The van der Waals surface area contributed by atoms with Gasteiger partial charge in [-0.05, 0) is 103 Å². The number of carboxylic acids is 2. The van der Waals surface area contributed by atoms with Gasteiger partial charge in [0.1, 0.15) is 0 Å². The molecule has 0 N–H and O–H groups in total. The van der Waals surface area contributed by atoms with Gasteiger partial charge in [0.15, 0.2) is 0 Å². The fourth-order valence-electron chi connectivity index (χ4n) is 6.94. The molecule has 0 atom stereocenters. The molecule has 0 saturated heterocycles. The molecule has 0 saturated carbocycles. The van der Waals surface area contributed by atoms with Crippen molar-refractivity contribution in [1.82, 2.24) is 9.80 Å². The molecule has 0 aliphatic carbocycles. The summed E-state index contributed by atoms with van der Waals surface area (Å²) in [4.78, 5) is 26.1. The van der Waals surface area contributed by atoms with Crippen molar-refractivity contribution < 1.29 is 19.8 Å². The van der Waals surface area contributed by atoms with E-state index in [1.54, 1.807) is 0 Å². The number of nitrogens with zero attached hydrogens (tertiary/aromatic N) is 2. The molecular weight excluding hydrogens is 709 g/mol. The second-order valence-corrected chi connectivity index (χ2v) is 15.5.